The summed E-state index contributed by atoms with van der Waals surface area (Å²) in [5, 5.41) is 3.81. The maximum Gasteiger partial charge on any atom is 0.258 e. The van der Waals surface area contributed by atoms with E-state index in [0.29, 0.717) is 28.5 Å². The summed E-state index contributed by atoms with van der Waals surface area (Å²) < 4.78 is 0. The molecule has 4 aromatic rings. The molecule has 0 spiro atoms. The number of nitrogens with one attached hydrogen (secondary N) is 1. The van der Waals surface area contributed by atoms with Gasteiger partial charge in [0.25, 0.3) is 11.8 Å². The molecule has 2 heterocycles. The largest absolute Gasteiger partial charge is 0.379 e. The summed E-state index contributed by atoms with van der Waals surface area (Å²) >= 11 is 1.59. The summed E-state index contributed by atoms with van der Waals surface area (Å²) in [5.41, 5.74) is 11.5. The van der Waals surface area contributed by atoms with Crippen molar-refractivity contribution in [3.05, 3.63) is 120 Å². The third-order valence-corrected chi connectivity index (χ3v) is 8.11. The molecule has 0 bridgehead atoms. The first-order valence-electron chi connectivity index (χ1n) is 12.5. The van der Waals surface area contributed by atoms with Gasteiger partial charge in [0.1, 0.15) is 0 Å². The molecular formula is C31H26N4O2S. The molecule has 2 atom stereocenters. The van der Waals surface area contributed by atoms with Gasteiger partial charge in [-0.2, -0.15) is 0 Å². The van der Waals surface area contributed by atoms with Crippen LogP contribution in [0.25, 0.3) is 11.1 Å². The number of carbonyl (C=O) groups is 2. The van der Waals surface area contributed by atoms with E-state index in [0.717, 1.165) is 28.8 Å². The molecule has 2 aliphatic heterocycles. The molecule has 188 valence electrons. The van der Waals surface area contributed by atoms with Gasteiger partial charge in [-0.15, -0.1) is 0 Å². The Balaban J connectivity index is 1.22. The number of nitrogens with zero attached hydrogens (tertiary/aromatic N) is 2. The molecule has 0 saturated heterocycles. The Morgan fingerprint density at radius 3 is 2.39 bits per heavy atom. The lowest BCUT2D eigenvalue weighted by molar-refractivity contribution is 0.0986. The standard InChI is InChI=1S/C31H26N4O2S/c32-31-34-28-25-12-6-7-13-26(25)35(19-18-27(28)38-31)30(37)21-14-16-22(17-15-21)33-29(36)24-11-5-4-10-23(24)20-8-2-1-3-9-20/h1-17,27-28H,18-19H2,(H2,32,34)(H,33,36). The number of amides is 2. The monoisotopic (exact) mass is 518 g/mol. The highest BCUT2D eigenvalue weighted by molar-refractivity contribution is 8.14. The number of hydrogen-bond acceptors (Lipinski definition) is 5. The second kappa shape index (κ2) is 10.2. The molecule has 0 fully saturated rings. The third kappa shape index (κ3) is 4.57. The molecule has 4 aromatic carbocycles. The van der Waals surface area contributed by atoms with Crippen LogP contribution in [0.5, 0.6) is 0 Å². The molecule has 6 rings (SSSR count). The molecule has 3 N–H and O–H groups in total. The van der Waals surface area contributed by atoms with Crippen LogP contribution in [0.15, 0.2) is 108 Å². The van der Waals surface area contributed by atoms with E-state index in [1.807, 2.05) is 83.8 Å². The first-order valence-corrected chi connectivity index (χ1v) is 13.4. The van der Waals surface area contributed by atoms with Crippen molar-refractivity contribution in [2.45, 2.75) is 17.7 Å². The van der Waals surface area contributed by atoms with E-state index < -0.39 is 0 Å². The molecule has 0 saturated carbocycles. The van der Waals surface area contributed by atoms with Crippen molar-refractivity contribution in [1.82, 2.24) is 0 Å². The lowest BCUT2D eigenvalue weighted by atomic mass is 9.99. The van der Waals surface area contributed by atoms with Crippen molar-refractivity contribution in [1.29, 1.82) is 0 Å². The van der Waals surface area contributed by atoms with Crippen molar-refractivity contribution in [3.8, 4) is 11.1 Å². The normalized spacial score (nSPS) is 18.1. The summed E-state index contributed by atoms with van der Waals surface area (Å²) in [5.74, 6) is -0.277. The van der Waals surface area contributed by atoms with Gasteiger partial charge in [0.2, 0.25) is 0 Å². The highest BCUT2D eigenvalue weighted by Gasteiger charge is 2.37. The van der Waals surface area contributed by atoms with Crippen LogP contribution >= 0.6 is 11.8 Å². The quantitative estimate of drug-likeness (QED) is 0.340. The highest BCUT2D eigenvalue weighted by atomic mass is 32.2. The van der Waals surface area contributed by atoms with Crippen molar-refractivity contribution in [3.63, 3.8) is 0 Å². The molecule has 2 amide bonds. The lowest BCUT2D eigenvalue weighted by Gasteiger charge is -2.23. The van der Waals surface area contributed by atoms with Gasteiger partial charge in [-0.3, -0.25) is 14.6 Å². The van der Waals surface area contributed by atoms with Gasteiger partial charge in [-0.05, 0) is 53.9 Å². The van der Waals surface area contributed by atoms with Crippen LogP contribution in [0.1, 0.15) is 38.7 Å². The molecule has 6 nitrogen and oxygen atoms in total. The molecule has 2 aliphatic rings. The van der Waals surface area contributed by atoms with E-state index in [1.165, 1.54) is 0 Å². The fourth-order valence-corrected chi connectivity index (χ4v) is 6.17. The smallest absolute Gasteiger partial charge is 0.258 e. The number of para-hydroxylation sites is 1. The summed E-state index contributed by atoms with van der Waals surface area (Å²) in [6.07, 6.45) is 0.801. The van der Waals surface area contributed by atoms with E-state index in [4.69, 9.17) is 5.73 Å². The van der Waals surface area contributed by atoms with Gasteiger partial charge >= 0.3 is 0 Å². The van der Waals surface area contributed by atoms with Crippen molar-refractivity contribution < 1.29 is 9.59 Å². The predicted molar refractivity (Wildman–Crippen MR) is 155 cm³/mol. The minimum atomic E-state index is -0.200. The Bertz CT molecular complexity index is 1540. The van der Waals surface area contributed by atoms with Gasteiger partial charge in [-0.25, -0.2) is 0 Å². The fraction of sp³-hybridized carbons (Fsp3) is 0.129. The number of benzene rings is 4. The topological polar surface area (TPSA) is 87.8 Å². The summed E-state index contributed by atoms with van der Waals surface area (Å²) in [7, 11) is 0. The van der Waals surface area contributed by atoms with E-state index in [2.05, 4.69) is 10.3 Å². The van der Waals surface area contributed by atoms with Crippen LogP contribution in [-0.2, 0) is 0 Å². The Labute approximate surface area is 225 Å². The number of aliphatic imine (C=N–C) groups is 1. The van der Waals surface area contributed by atoms with Gasteiger partial charge in [0.15, 0.2) is 5.17 Å². The molecule has 2 unspecified atom stereocenters. The second-order valence-electron chi connectivity index (χ2n) is 9.32. The Hall–Kier alpha value is -4.36. The van der Waals surface area contributed by atoms with E-state index in [-0.39, 0.29) is 23.1 Å². The van der Waals surface area contributed by atoms with Gasteiger partial charge < -0.3 is 16.0 Å². The van der Waals surface area contributed by atoms with Crippen LogP contribution in [0.4, 0.5) is 11.4 Å². The average Bonchev–Trinajstić information content (AvgIpc) is 3.27. The SMILES string of the molecule is NC1=NC2c3ccccc3N(C(=O)c3ccc(NC(=O)c4ccccc4-c4ccccc4)cc3)CCC2S1. The van der Waals surface area contributed by atoms with E-state index >= 15 is 0 Å². The fourth-order valence-electron chi connectivity index (χ4n) is 5.13. The van der Waals surface area contributed by atoms with Crippen LogP contribution in [0, 0.1) is 0 Å². The number of amidine groups is 1. The Morgan fingerprint density at radius 2 is 1.58 bits per heavy atom. The molecule has 0 aromatic heterocycles. The number of thioether (sulfide) groups is 1. The molecule has 38 heavy (non-hydrogen) atoms. The lowest BCUT2D eigenvalue weighted by Crippen LogP contribution is -2.32. The number of fused-ring (bicyclic) bond motifs is 3. The van der Waals surface area contributed by atoms with Crippen LogP contribution < -0.4 is 16.0 Å². The van der Waals surface area contributed by atoms with Crippen LogP contribution in [0.3, 0.4) is 0 Å². The first kappa shape index (κ1) is 24.0. The summed E-state index contributed by atoms with van der Waals surface area (Å²) in [6.45, 7) is 0.585. The van der Waals surface area contributed by atoms with Crippen LogP contribution in [0.2, 0.25) is 0 Å². The number of rotatable bonds is 4. The Morgan fingerprint density at radius 1 is 0.868 bits per heavy atom. The number of anilines is 2. The molecule has 0 aliphatic carbocycles. The summed E-state index contributed by atoms with van der Waals surface area (Å²) in [4.78, 5) is 33.3. The second-order valence-corrected chi connectivity index (χ2v) is 10.6. The Kier molecular flexibility index (Phi) is 6.43. The zero-order valence-electron chi connectivity index (χ0n) is 20.6. The predicted octanol–water partition coefficient (Wildman–Crippen LogP) is 6.13. The highest BCUT2D eigenvalue weighted by Crippen LogP contribution is 2.44. The minimum Gasteiger partial charge on any atom is -0.379 e. The maximum atomic E-state index is 13.6. The van der Waals surface area contributed by atoms with Gasteiger partial charge in [0.05, 0.1) is 6.04 Å². The number of hydrogen-bond donors (Lipinski definition) is 2. The molecule has 0 radical (unpaired) electrons. The first-order chi connectivity index (χ1) is 18.6. The van der Waals surface area contributed by atoms with Crippen molar-refractivity contribution in [2.24, 2.45) is 10.7 Å². The van der Waals surface area contributed by atoms with Gasteiger partial charge in [0, 0.05) is 39.9 Å². The van der Waals surface area contributed by atoms with Crippen molar-refractivity contribution in [2.75, 3.05) is 16.8 Å². The molecular weight excluding hydrogens is 492 g/mol. The maximum absolute atomic E-state index is 13.6. The van der Waals surface area contributed by atoms with Crippen molar-refractivity contribution >= 4 is 40.1 Å². The number of nitrogens with two attached hydrogens (primary N) is 1. The number of carbonyl (C=O) groups excluding carboxylic acids is 2. The zero-order valence-corrected chi connectivity index (χ0v) is 21.4. The molecule has 7 heteroatoms. The van der Waals surface area contributed by atoms with E-state index in [1.54, 1.807) is 36.0 Å². The summed E-state index contributed by atoms with van der Waals surface area (Å²) in [6, 6.07) is 32.3. The van der Waals surface area contributed by atoms with E-state index in [9.17, 15) is 9.59 Å². The zero-order chi connectivity index (χ0) is 26.1. The van der Waals surface area contributed by atoms with Crippen LogP contribution in [-0.4, -0.2) is 28.8 Å². The average molecular weight is 519 g/mol. The third-order valence-electron chi connectivity index (χ3n) is 6.97. The minimum absolute atomic E-state index is 0.0367. The van der Waals surface area contributed by atoms with Gasteiger partial charge in [-0.1, -0.05) is 78.5 Å².